The number of hydrogen-bond donors (Lipinski definition) is 2. The van der Waals surface area contributed by atoms with Gasteiger partial charge in [0.1, 0.15) is 5.82 Å². The fourth-order valence-corrected chi connectivity index (χ4v) is 6.02. The highest BCUT2D eigenvalue weighted by Gasteiger charge is 2.13. The van der Waals surface area contributed by atoms with Crippen LogP contribution in [-0.2, 0) is 21.8 Å². The fourth-order valence-electron chi connectivity index (χ4n) is 2.73. The molecule has 2 aromatic carbocycles. The number of rotatable bonds is 11. The molecule has 0 bridgehead atoms. The summed E-state index contributed by atoms with van der Waals surface area (Å²) in [6, 6.07) is 16.1. The molecular weight excluding hydrogens is 528 g/mol. The SMILES string of the molecule is O=C(CCc1ccccc1)Nc1nnc(SCC(=O)Nc2nnc(SCc3ccc(F)cc3)s2)s1. The Labute approximate surface area is 217 Å². The Morgan fingerprint density at radius 3 is 2.09 bits per heavy atom. The van der Waals surface area contributed by atoms with Gasteiger partial charge in [0.2, 0.25) is 22.1 Å². The lowest BCUT2D eigenvalue weighted by Gasteiger charge is -2.01. The van der Waals surface area contributed by atoms with Crippen LogP contribution in [-0.4, -0.2) is 38.0 Å². The van der Waals surface area contributed by atoms with E-state index in [-0.39, 0.29) is 23.4 Å². The first-order chi connectivity index (χ1) is 17.0. The van der Waals surface area contributed by atoms with E-state index >= 15 is 0 Å². The van der Waals surface area contributed by atoms with Crippen LogP contribution >= 0.6 is 46.2 Å². The van der Waals surface area contributed by atoms with Crippen molar-refractivity contribution in [1.82, 2.24) is 20.4 Å². The first-order valence-electron chi connectivity index (χ1n) is 10.3. The van der Waals surface area contributed by atoms with Crippen molar-refractivity contribution < 1.29 is 14.0 Å². The van der Waals surface area contributed by atoms with E-state index in [1.54, 1.807) is 12.1 Å². The molecule has 2 amide bonds. The number of carbonyl (C=O) groups excluding carboxylic acids is 2. The summed E-state index contributed by atoms with van der Waals surface area (Å²) in [5.41, 5.74) is 2.06. The zero-order valence-electron chi connectivity index (χ0n) is 18.1. The maximum absolute atomic E-state index is 13.0. The predicted octanol–water partition coefficient (Wildman–Crippen LogP) is 5.12. The number of amides is 2. The van der Waals surface area contributed by atoms with Crippen LogP contribution in [0, 0.1) is 5.82 Å². The molecular formula is C22H19FN6O2S4. The van der Waals surface area contributed by atoms with E-state index in [4.69, 9.17) is 0 Å². The smallest absolute Gasteiger partial charge is 0.236 e. The summed E-state index contributed by atoms with van der Waals surface area (Å²) in [5, 5.41) is 22.3. The molecule has 13 heteroatoms. The highest BCUT2D eigenvalue weighted by Crippen LogP contribution is 2.29. The molecule has 0 aliphatic carbocycles. The average Bonchev–Trinajstić information content (AvgIpc) is 3.51. The van der Waals surface area contributed by atoms with Crippen molar-refractivity contribution in [3.8, 4) is 0 Å². The van der Waals surface area contributed by atoms with Gasteiger partial charge >= 0.3 is 0 Å². The molecule has 0 saturated heterocycles. The first kappa shape index (κ1) is 25.2. The monoisotopic (exact) mass is 546 g/mol. The zero-order valence-corrected chi connectivity index (χ0v) is 21.4. The lowest BCUT2D eigenvalue weighted by atomic mass is 10.1. The summed E-state index contributed by atoms with van der Waals surface area (Å²) in [5.74, 6) is 0.0918. The Balaban J connectivity index is 1.17. The Hall–Kier alpha value is -2.87. The zero-order chi connectivity index (χ0) is 24.5. The largest absolute Gasteiger partial charge is 0.300 e. The van der Waals surface area contributed by atoms with E-state index in [9.17, 15) is 14.0 Å². The van der Waals surface area contributed by atoms with Gasteiger partial charge in [0.15, 0.2) is 8.68 Å². The maximum Gasteiger partial charge on any atom is 0.236 e. The molecule has 180 valence electrons. The van der Waals surface area contributed by atoms with E-state index in [1.807, 2.05) is 30.3 Å². The van der Waals surface area contributed by atoms with E-state index in [0.29, 0.717) is 37.5 Å². The lowest BCUT2D eigenvalue weighted by molar-refractivity contribution is -0.116. The second-order valence-electron chi connectivity index (χ2n) is 7.03. The van der Waals surface area contributed by atoms with Crippen LogP contribution in [0.5, 0.6) is 0 Å². The van der Waals surface area contributed by atoms with Gasteiger partial charge in [0, 0.05) is 12.2 Å². The van der Waals surface area contributed by atoms with Crippen LogP contribution in [0.3, 0.4) is 0 Å². The van der Waals surface area contributed by atoms with Crippen LogP contribution < -0.4 is 10.6 Å². The van der Waals surface area contributed by atoms with Gasteiger partial charge < -0.3 is 5.32 Å². The summed E-state index contributed by atoms with van der Waals surface area (Å²) in [4.78, 5) is 24.4. The molecule has 4 rings (SSSR count). The van der Waals surface area contributed by atoms with Gasteiger partial charge in [-0.05, 0) is 29.7 Å². The Morgan fingerprint density at radius 1 is 0.771 bits per heavy atom. The van der Waals surface area contributed by atoms with Crippen LogP contribution in [0.2, 0.25) is 0 Å². The van der Waals surface area contributed by atoms with Crippen molar-refractivity contribution in [2.75, 3.05) is 16.4 Å². The number of nitrogens with zero attached hydrogens (tertiary/aromatic N) is 4. The van der Waals surface area contributed by atoms with E-state index < -0.39 is 0 Å². The van der Waals surface area contributed by atoms with Crippen molar-refractivity contribution in [3.63, 3.8) is 0 Å². The quantitative estimate of drug-likeness (QED) is 0.197. The molecule has 8 nitrogen and oxygen atoms in total. The molecule has 0 spiro atoms. The summed E-state index contributed by atoms with van der Waals surface area (Å²) < 4.78 is 14.3. The van der Waals surface area contributed by atoms with Crippen LogP contribution in [0.15, 0.2) is 63.3 Å². The minimum Gasteiger partial charge on any atom is -0.300 e. The highest BCUT2D eigenvalue weighted by molar-refractivity contribution is 8.01. The molecule has 0 saturated carbocycles. The third-order valence-electron chi connectivity index (χ3n) is 4.39. The van der Waals surface area contributed by atoms with Gasteiger partial charge in [-0.3, -0.25) is 14.9 Å². The Morgan fingerprint density at radius 2 is 1.40 bits per heavy atom. The third kappa shape index (κ3) is 8.38. The molecule has 0 aliphatic heterocycles. The lowest BCUT2D eigenvalue weighted by Crippen LogP contribution is -2.13. The average molecular weight is 547 g/mol. The minimum atomic E-state index is -0.272. The van der Waals surface area contributed by atoms with Crippen molar-refractivity contribution in [2.24, 2.45) is 0 Å². The van der Waals surface area contributed by atoms with Crippen LogP contribution in [0.25, 0.3) is 0 Å². The van der Waals surface area contributed by atoms with E-state index in [0.717, 1.165) is 11.1 Å². The molecule has 0 radical (unpaired) electrons. The number of anilines is 2. The van der Waals surface area contributed by atoms with Crippen molar-refractivity contribution in [3.05, 3.63) is 71.5 Å². The number of thioether (sulfide) groups is 2. The van der Waals surface area contributed by atoms with Gasteiger partial charge in [-0.1, -0.05) is 88.7 Å². The molecule has 0 atom stereocenters. The third-order valence-corrected chi connectivity index (χ3v) is 8.41. The number of hydrogen-bond acceptors (Lipinski definition) is 10. The number of nitrogens with one attached hydrogen (secondary N) is 2. The molecule has 0 aliphatic rings. The van der Waals surface area contributed by atoms with Gasteiger partial charge in [0.05, 0.1) is 5.75 Å². The maximum atomic E-state index is 13.0. The summed E-state index contributed by atoms with van der Waals surface area (Å²) in [6.07, 6.45) is 0.992. The molecule has 2 N–H and O–H groups in total. The van der Waals surface area contributed by atoms with Crippen LogP contribution in [0.4, 0.5) is 14.7 Å². The molecule has 0 fully saturated rings. The van der Waals surface area contributed by atoms with Gasteiger partial charge in [-0.15, -0.1) is 20.4 Å². The summed E-state index contributed by atoms with van der Waals surface area (Å²) in [6.45, 7) is 0. The van der Waals surface area contributed by atoms with E-state index in [2.05, 4.69) is 31.0 Å². The predicted molar refractivity (Wildman–Crippen MR) is 139 cm³/mol. The Bertz CT molecular complexity index is 1270. The van der Waals surface area contributed by atoms with Crippen molar-refractivity contribution >= 4 is 68.3 Å². The van der Waals surface area contributed by atoms with Crippen LogP contribution in [0.1, 0.15) is 17.5 Å². The minimum absolute atomic E-state index is 0.119. The standard InChI is InChI=1S/C22H19FN6O2S4/c23-16-9-6-15(7-10-16)12-32-21-28-27-20(35-21)25-18(31)13-33-22-29-26-19(34-22)24-17(30)11-8-14-4-2-1-3-5-14/h1-7,9-10H,8,11-13H2,(H,24,26,30)(H,25,27,31). The van der Waals surface area contributed by atoms with Gasteiger partial charge in [0.25, 0.3) is 0 Å². The van der Waals surface area contributed by atoms with Gasteiger partial charge in [-0.25, -0.2) is 4.39 Å². The van der Waals surface area contributed by atoms with E-state index in [1.165, 1.54) is 58.3 Å². The van der Waals surface area contributed by atoms with Crippen molar-refractivity contribution in [2.45, 2.75) is 27.3 Å². The Kier molecular flexibility index (Phi) is 9.17. The number of aromatic nitrogens is 4. The summed E-state index contributed by atoms with van der Waals surface area (Å²) >= 11 is 5.17. The first-order valence-corrected chi connectivity index (χ1v) is 13.9. The molecule has 2 heterocycles. The number of aryl methyl sites for hydroxylation is 1. The molecule has 2 aromatic heterocycles. The molecule has 0 unspecified atom stereocenters. The number of carbonyl (C=O) groups is 2. The molecule has 4 aromatic rings. The topological polar surface area (TPSA) is 110 Å². The van der Waals surface area contributed by atoms with Gasteiger partial charge in [-0.2, -0.15) is 0 Å². The number of benzene rings is 2. The summed E-state index contributed by atoms with van der Waals surface area (Å²) in [7, 11) is 0. The highest BCUT2D eigenvalue weighted by atomic mass is 32.2. The fraction of sp³-hybridized carbons (Fsp3) is 0.182. The van der Waals surface area contributed by atoms with Crippen molar-refractivity contribution in [1.29, 1.82) is 0 Å². The number of halogens is 1. The second kappa shape index (κ2) is 12.7. The normalized spacial score (nSPS) is 10.8. The second-order valence-corrected chi connectivity index (χ2v) is 11.4. The molecule has 35 heavy (non-hydrogen) atoms.